The number of aryl methyl sites for hydroxylation is 1. The molecule has 0 saturated carbocycles. The number of ether oxygens (including phenoxy) is 1. The normalized spacial score (nSPS) is 19.7. The highest BCUT2D eigenvalue weighted by molar-refractivity contribution is 5.33. The average molecular weight is 264 g/mol. The Labute approximate surface area is 115 Å². The van der Waals surface area contributed by atoms with Crippen molar-refractivity contribution >= 4 is 5.95 Å². The van der Waals surface area contributed by atoms with E-state index in [-0.39, 0.29) is 6.10 Å². The quantitative estimate of drug-likeness (QED) is 0.817. The minimum Gasteiger partial charge on any atom is -0.375 e. The van der Waals surface area contributed by atoms with Gasteiger partial charge in [-0.1, -0.05) is 6.92 Å². The predicted molar refractivity (Wildman–Crippen MR) is 76.4 cm³/mol. The SMILES string of the molecule is CCCNCc1cnc(N2CCOC(C)C2)nc1C. The van der Waals surface area contributed by atoms with Gasteiger partial charge >= 0.3 is 0 Å². The second-order valence-corrected chi connectivity index (χ2v) is 5.08. The van der Waals surface area contributed by atoms with Gasteiger partial charge in [-0.2, -0.15) is 0 Å². The summed E-state index contributed by atoms with van der Waals surface area (Å²) in [5, 5.41) is 3.38. The zero-order valence-electron chi connectivity index (χ0n) is 12.1. The fourth-order valence-corrected chi connectivity index (χ4v) is 2.21. The fourth-order valence-electron chi connectivity index (χ4n) is 2.21. The summed E-state index contributed by atoms with van der Waals surface area (Å²) in [6.45, 7) is 10.7. The molecular weight excluding hydrogens is 240 g/mol. The highest BCUT2D eigenvalue weighted by Crippen LogP contribution is 2.14. The van der Waals surface area contributed by atoms with E-state index in [0.717, 1.165) is 50.8 Å². The van der Waals surface area contributed by atoms with E-state index in [1.54, 1.807) is 0 Å². The maximum Gasteiger partial charge on any atom is 0.225 e. The van der Waals surface area contributed by atoms with Gasteiger partial charge in [0.15, 0.2) is 0 Å². The van der Waals surface area contributed by atoms with Gasteiger partial charge in [-0.25, -0.2) is 9.97 Å². The summed E-state index contributed by atoms with van der Waals surface area (Å²) in [6, 6.07) is 0. The molecule has 0 aromatic carbocycles. The minimum absolute atomic E-state index is 0.253. The van der Waals surface area contributed by atoms with E-state index in [9.17, 15) is 0 Å². The first kappa shape index (κ1) is 14.2. The smallest absolute Gasteiger partial charge is 0.225 e. The van der Waals surface area contributed by atoms with Crippen LogP contribution >= 0.6 is 0 Å². The van der Waals surface area contributed by atoms with Crippen molar-refractivity contribution in [2.75, 3.05) is 31.1 Å². The molecule has 0 aliphatic carbocycles. The molecule has 1 aromatic rings. The molecule has 1 N–H and O–H groups in total. The Hall–Kier alpha value is -1.20. The van der Waals surface area contributed by atoms with Gasteiger partial charge in [-0.05, 0) is 26.8 Å². The van der Waals surface area contributed by atoms with Crippen LogP contribution in [0, 0.1) is 6.92 Å². The lowest BCUT2D eigenvalue weighted by molar-refractivity contribution is 0.0526. The Morgan fingerprint density at radius 2 is 2.37 bits per heavy atom. The van der Waals surface area contributed by atoms with Gasteiger partial charge < -0.3 is 15.0 Å². The van der Waals surface area contributed by atoms with Crippen molar-refractivity contribution in [3.05, 3.63) is 17.5 Å². The summed E-state index contributed by atoms with van der Waals surface area (Å²) in [4.78, 5) is 11.3. The van der Waals surface area contributed by atoms with Crippen LogP contribution in [0.15, 0.2) is 6.20 Å². The van der Waals surface area contributed by atoms with Crippen LogP contribution < -0.4 is 10.2 Å². The second kappa shape index (κ2) is 6.82. The number of morpholine rings is 1. The number of nitrogens with one attached hydrogen (secondary N) is 1. The van der Waals surface area contributed by atoms with E-state index in [1.807, 2.05) is 6.20 Å². The van der Waals surface area contributed by atoms with Gasteiger partial charge in [0, 0.05) is 37.1 Å². The Kier molecular flexibility index (Phi) is 5.10. The van der Waals surface area contributed by atoms with Gasteiger partial charge in [0.2, 0.25) is 5.95 Å². The molecule has 19 heavy (non-hydrogen) atoms. The van der Waals surface area contributed by atoms with Crippen LogP contribution in [-0.2, 0) is 11.3 Å². The van der Waals surface area contributed by atoms with Gasteiger partial charge in [-0.15, -0.1) is 0 Å². The van der Waals surface area contributed by atoms with Gasteiger partial charge in [0.05, 0.1) is 12.7 Å². The van der Waals surface area contributed by atoms with E-state index in [2.05, 4.69) is 41.0 Å². The summed E-state index contributed by atoms with van der Waals surface area (Å²) in [5.74, 6) is 0.826. The maximum absolute atomic E-state index is 5.54. The van der Waals surface area contributed by atoms with Crippen LogP contribution in [0.3, 0.4) is 0 Å². The van der Waals surface area contributed by atoms with Crippen LogP contribution in [0.2, 0.25) is 0 Å². The second-order valence-electron chi connectivity index (χ2n) is 5.08. The van der Waals surface area contributed by atoms with Gasteiger partial charge in [0.1, 0.15) is 0 Å². The molecule has 1 unspecified atom stereocenters. The van der Waals surface area contributed by atoms with E-state index < -0.39 is 0 Å². The van der Waals surface area contributed by atoms with E-state index in [1.165, 1.54) is 5.56 Å². The third kappa shape index (κ3) is 3.88. The van der Waals surface area contributed by atoms with Crippen molar-refractivity contribution < 1.29 is 4.74 Å². The summed E-state index contributed by atoms with van der Waals surface area (Å²) in [7, 11) is 0. The summed E-state index contributed by atoms with van der Waals surface area (Å²) in [6.07, 6.45) is 3.34. The molecular formula is C14H24N4O. The minimum atomic E-state index is 0.253. The molecule has 0 spiro atoms. The first-order chi connectivity index (χ1) is 9.20. The van der Waals surface area contributed by atoms with E-state index in [4.69, 9.17) is 4.74 Å². The third-order valence-electron chi connectivity index (χ3n) is 3.33. The maximum atomic E-state index is 5.54. The highest BCUT2D eigenvalue weighted by Gasteiger charge is 2.19. The number of hydrogen-bond donors (Lipinski definition) is 1. The standard InChI is InChI=1S/C14H24N4O/c1-4-5-15-8-13-9-16-14(17-12(13)3)18-6-7-19-11(2)10-18/h9,11,15H,4-8,10H2,1-3H3. The largest absolute Gasteiger partial charge is 0.375 e. The van der Waals surface area contributed by atoms with Crippen LogP contribution in [0.25, 0.3) is 0 Å². The first-order valence-corrected chi connectivity index (χ1v) is 7.10. The van der Waals surface area contributed by atoms with Gasteiger partial charge in [0.25, 0.3) is 0 Å². The zero-order valence-corrected chi connectivity index (χ0v) is 12.1. The Balaban J connectivity index is 2.01. The lowest BCUT2D eigenvalue weighted by Gasteiger charge is -2.31. The number of nitrogens with zero attached hydrogens (tertiary/aromatic N) is 3. The molecule has 0 amide bonds. The summed E-state index contributed by atoms with van der Waals surface area (Å²) in [5.41, 5.74) is 2.24. The molecule has 2 heterocycles. The van der Waals surface area contributed by atoms with Crippen LogP contribution in [0.4, 0.5) is 5.95 Å². The van der Waals surface area contributed by atoms with Crippen LogP contribution in [-0.4, -0.2) is 42.3 Å². The van der Waals surface area contributed by atoms with Crippen molar-refractivity contribution in [3.8, 4) is 0 Å². The third-order valence-corrected chi connectivity index (χ3v) is 3.33. The molecule has 5 nitrogen and oxygen atoms in total. The molecule has 2 rings (SSSR count). The number of anilines is 1. The lowest BCUT2D eigenvalue weighted by atomic mass is 10.2. The topological polar surface area (TPSA) is 50.3 Å². The molecule has 1 saturated heterocycles. The molecule has 0 bridgehead atoms. The van der Waals surface area contributed by atoms with Gasteiger partial charge in [-0.3, -0.25) is 0 Å². The molecule has 1 atom stereocenters. The molecule has 1 aliphatic heterocycles. The highest BCUT2D eigenvalue weighted by atomic mass is 16.5. The van der Waals surface area contributed by atoms with Crippen LogP contribution in [0.1, 0.15) is 31.5 Å². The lowest BCUT2D eigenvalue weighted by Crippen LogP contribution is -2.42. The van der Waals surface area contributed by atoms with Crippen molar-refractivity contribution in [2.24, 2.45) is 0 Å². The Morgan fingerprint density at radius 1 is 1.53 bits per heavy atom. The first-order valence-electron chi connectivity index (χ1n) is 7.10. The number of hydrogen-bond acceptors (Lipinski definition) is 5. The fraction of sp³-hybridized carbons (Fsp3) is 0.714. The number of rotatable bonds is 5. The Bertz CT molecular complexity index is 410. The summed E-state index contributed by atoms with van der Waals surface area (Å²) >= 11 is 0. The van der Waals surface area contributed by atoms with E-state index >= 15 is 0 Å². The van der Waals surface area contributed by atoms with Crippen molar-refractivity contribution in [3.63, 3.8) is 0 Å². The monoisotopic (exact) mass is 264 g/mol. The summed E-state index contributed by atoms with van der Waals surface area (Å²) < 4.78 is 5.54. The van der Waals surface area contributed by atoms with Crippen LogP contribution in [0.5, 0.6) is 0 Å². The average Bonchev–Trinajstić information content (AvgIpc) is 2.41. The van der Waals surface area contributed by atoms with Crippen molar-refractivity contribution in [1.29, 1.82) is 0 Å². The molecule has 5 heteroatoms. The molecule has 0 radical (unpaired) electrons. The number of aromatic nitrogens is 2. The predicted octanol–water partition coefficient (Wildman–Crippen LogP) is 1.51. The van der Waals surface area contributed by atoms with E-state index in [0.29, 0.717) is 0 Å². The molecule has 1 aliphatic rings. The molecule has 1 aromatic heterocycles. The molecule has 1 fully saturated rings. The Morgan fingerprint density at radius 3 is 3.05 bits per heavy atom. The van der Waals surface area contributed by atoms with Crippen molar-refractivity contribution in [1.82, 2.24) is 15.3 Å². The zero-order chi connectivity index (χ0) is 13.7. The van der Waals surface area contributed by atoms with Crippen molar-refractivity contribution in [2.45, 2.75) is 39.8 Å². The molecule has 106 valence electrons.